The number of hydrogen-bond acceptors (Lipinski definition) is 5. The predicted octanol–water partition coefficient (Wildman–Crippen LogP) is 2.43. The molecule has 0 saturated carbocycles. The Labute approximate surface area is 147 Å². The molecule has 0 aliphatic carbocycles. The second kappa shape index (κ2) is 7.33. The molecule has 0 amide bonds. The molecule has 0 saturated heterocycles. The largest absolute Gasteiger partial charge is 0.492 e. The molecule has 1 heterocycles. The second-order valence-electron chi connectivity index (χ2n) is 5.80. The van der Waals surface area contributed by atoms with Gasteiger partial charge in [0.2, 0.25) is 10.0 Å². The summed E-state index contributed by atoms with van der Waals surface area (Å²) in [5, 5.41) is 0. The maximum atomic E-state index is 12.4. The minimum Gasteiger partial charge on any atom is -0.492 e. The van der Waals surface area contributed by atoms with Crippen LogP contribution in [-0.2, 0) is 10.0 Å². The second-order valence-corrected chi connectivity index (χ2v) is 7.56. The van der Waals surface area contributed by atoms with E-state index < -0.39 is 10.0 Å². The average Bonchev–Trinajstić information content (AvgIpc) is 2.61. The third-order valence-electron chi connectivity index (χ3n) is 3.97. The summed E-state index contributed by atoms with van der Waals surface area (Å²) in [7, 11) is -3.63. The number of hydrogen-bond donors (Lipinski definition) is 1. The van der Waals surface area contributed by atoms with Gasteiger partial charge in [-0.1, -0.05) is 6.07 Å². The molecule has 1 N–H and O–H groups in total. The maximum absolute atomic E-state index is 12.4. The van der Waals surface area contributed by atoms with E-state index in [2.05, 4.69) is 4.72 Å². The van der Waals surface area contributed by atoms with Gasteiger partial charge in [0.25, 0.3) is 0 Å². The van der Waals surface area contributed by atoms with E-state index in [4.69, 9.17) is 14.2 Å². The Morgan fingerprint density at radius 1 is 1.00 bits per heavy atom. The van der Waals surface area contributed by atoms with Crippen LogP contribution in [-0.4, -0.2) is 34.8 Å². The monoisotopic (exact) mass is 363 g/mol. The predicted molar refractivity (Wildman–Crippen MR) is 94.0 cm³/mol. The SMILES string of the molecule is Cc1ccc(OCCNS(=O)(=O)c2ccc3c(c2)OCCO3)cc1C. The van der Waals surface area contributed by atoms with Crippen LogP contribution in [0.25, 0.3) is 0 Å². The molecule has 6 nitrogen and oxygen atoms in total. The minimum atomic E-state index is -3.63. The van der Waals surface area contributed by atoms with Crippen molar-refractivity contribution in [1.29, 1.82) is 0 Å². The molecule has 0 aromatic heterocycles. The fourth-order valence-corrected chi connectivity index (χ4v) is 3.45. The van der Waals surface area contributed by atoms with Gasteiger partial charge in [-0.05, 0) is 49.2 Å². The lowest BCUT2D eigenvalue weighted by Crippen LogP contribution is -2.28. The number of aryl methyl sites for hydroxylation is 2. The quantitative estimate of drug-likeness (QED) is 0.798. The van der Waals surface area contributed by atoms with Gasteiger partial charge in [-0.25, -0.2) is 13.1 Å². The van der Waals surface area contributed by atoms with Crippen LogP contribution in [0.4, 0.5) is 0 Å². The molecular weight excluding hydrogens is 342 g/mol. The van der Waals surface area contributed by atoms with E-state index in [0.717, 1.165) is 11.3 Å². The van der Waals surface area contributed by atoms with Crippen molar-refractivity contribution in [2.45, 2.75) is 18.7 Å². The Morgan fingerprint density at radius 2 is 1.76 bits per heavy atom. The Morgan fingerprint density at radius 3 is 2.52 bits per heavy atom. The Bertz CT molecular complexity index is 864. The first-order chi connectivity index (χ1) is 12.0. The van der Waals surface area contributed by atoms with Crippen LogP contribution >= 0.6 is 0 Å². The molecular formula is C18H21NO5S. The molecule has 134 valence electrons. The first-order valence-electron chi connectivity index (χ1n) is 8.05. The van der Waals surface area contributed by atoms with Gasteiger partial charge in [0.05, 0.1) is 4.90 Å². The van der Waals surface area contributed by atoms with Crippen LogP contribution in [0.3, 0.4) is 0 Å². The topological polar surface area (TPSA) is 73.9 Å². The lowest BCUT2D eigenvalue weighted by Gasteiger charge is -2.19. The standard InChI is InChI=1S/C18H21NO5S/c1-13-3-4-15(11-14(13)2)22-8-7-19-25(20,21)16-5-6-17-18(12-16)24-10-9-23-17/h3-6,11-12,19H,7-10H2,1-2H3. The fraction of sp³-hybridized carbons (Fsp3) is 0.333. The van der Waals surface area contributed by atoms with E-state index in [1.807, 2.05) is 32.0 Å². The zero-order valence-electron chi connectivity index (χ0n) is 14.2. The Balaban J connectivity index is 1.57. The molecule has 0 radical (unpaired) electrons. The summed E-state index contributed by atoms with van der Waals surface area (Å²) in [6.45, 7) is 5.32. The van der Waals surface area contributed by atoms with Crippen molar-refractivity contribution in [3.63, 3.8) is 0 Å². The van der Waals surface area contributed by atoms with Crippen molar-refractivity contribution in [2.75, 3.05) is 26.4 Å². The molecule has 0 atom stereocenters. The molecule has 1 aliphatic rings. The summed E-state index contributed by atoms with van der Waals surface area (Å²) in [5.41, 5.74) is 2.32. The van der Waals surface area contributed by atoms with Crippen LogP contribution in [0.5, 0.6) is 17.2 Å². The Hall–Kier alpha value is -2.25. The van der Waals surface area contributed by atoms with Gasteiger partial charge in [0, 0.05) is 12.6 Å². The van der Waals surface area contributed by atoms with Crippen molar-refractivity contribution < 1.29 is 22.6 Å². The van der Waals surface area contributed by atoms with Crippen LogP contribution in [0.2, 0.25) is 0 Å². The summed E-state index contributed by atoms with van der Waals surface area (Å²) in [4.78, 5) is 0.142. The maximum Gasteiger partial charge on any atom is 0.240 e. The molecule has 0 spiro atoms. The van der Waals surface area contributed by atoms with Gasteiger partial charge in [-0.2, -0.15) is 0 Å². The van der Waals surface area contributed by atoms with Gasteiger partial charge < -0.3 is 14.2 Å². The summed E-state index contributed by atoms with van der Waals surface area (Å²) in [5.74, 6) is 1.73. The van der Waals surface area contributed by atoms with Crippen LogP contribution in [0.15, 0.2) is 41.3 Å². The highest BCUT2D eigenvalue weighted by Gasteiger charge is 2.19. The zero-order valence-corrected chi connectivity index (χ0v) is 15.1. The number of nitrogens with one attached hydrogen (secondary N) is 1. The van der Waals surface area contributed by atoms with Crippen LogP contribution in [0.1, 0.15) is 11.1 Å². The van der Waals surface area contributed by atoms with Crippen molar-refractivity contribution in [3.05, 3.63) is 47.5 Å². The molecule has 0 bridgehead atoms. The number of fused-ring (bicyclic) bond motifs is 1. The van der Waals surface area contributed by atoms with Crippen molar-refractivity contribution >= 4 is 10.0 Å². The number of ether oxygens (including phenoxy) is 3. The number of sulfonamides is 1. The first kappa shape index (κ1) is 17.6. The van der Waals surface area contributed by atoms with E-state index in [1.54, 1.807) is 6.07 Å². The number of rotatable bonds is 6. The van der Waals surface area contributed by atoms with Crippen molar-refractivity contribution in [1.82, 2.24) is 4.72 Å². The lowest BCUT2D eigenvalue weighted by molar-refractivity contribution is 0.171. The summed E-state index contributed by atoms with van der Waals surface area (Å²) in [6.07, 6.45) is 0. The molecule has 0 fully saturated rings. The summed E-state index contributed by atoms with van der Waals surface area (Å²) in [6, 6.07) is 10.4. The van der Waals surface area contributed by atoms with Crippen molar-refractivity contribution in [3.8, 4) is 17.2 Å². The lowest BCUT2D eigenvalue weighted by atomic mass is 10.1. The average molecular weight is 363 g/mol. The molecule has 2 aromatic rings. The van der Waals surface area contributed by atoms with Crippen molar-refractivity contribution in [2.24, 2.45) is 0 Å². The van der Waals surface area contributed by atoms with Gasteiger partial charge in [0.1, 0.15) is 25.6 Å². The zero-order chi connectivity index (χ0) is 17.9. The highest BCUT2D eigenvalue weighted by atomic mass is 32.2. The smallest absolute Gasteiger partial charge is 0.240 e. The van der Waals surface area contributed by atoms with Crippen LogP contribution < -0.4 is 18.9 Å². The highest BCUT2D eigenvalue weighted by molar-refractivity contribution is 7.89. The molecule has 1 aliphatic heterocycles. The molecule has 3 rings (SSSR count). The van der Waals surface area contributed by atoms with E-state index in [0.29, 0.717) is 24.7 Å². The normalized spacial score (nSPS) is 13.5. The van der Waals surface area contributed by atoms with Gasteiger partial charge in [0.15, 0.2) is 11.5 Å². The number of benzene rings is 2. The summed E-state index contributed by atoms with van der Waals surface area (Å²) < 4.78 is 43.7. The van der Waals surface area contributed by atoms with Gasteiger partial charge >= 0.3 is 0 Å². The van der Waals surface area contributed by atoms with Gasteiger partial charge in [-0.3, -0.25) is 0 Å². The minimum absolute atomic E-state index is 0.142. The third-order valence-corrected chi connectivity index (χ3v) is 5.42. The van der Waals surface area contributed by atoms with E-state index in [-0.39, 0.29) is 18.0 Å². The van der Waals surface area contributed by atoms with Gasteiger partial charge in [-0.15, -0.1) is 0 Å². The Kier molecular flexibility index (Phi) is 5.15. The molecule has 0 unspecified atom stereocenters. The third kappa shape index (κ3) is 4.24. The fourth-order valence-electron chi connectivity index (χ4n) is 2.42. The first-order valence-corrected chi connectivity index (χ1v) is 9.53. The molecule has 7 heteroatoms. The molecule has 2 aromatic carbocycles. The van der Waals surface area contributed by atoms with E-state index >= 15 is 0 Å². The molecule has 25 heavy (non-hydrogen) atoms. The summed E-state index contributed by atoms with van der Waals surface area (Å²) >= 11 is 0. The van der Waals surface area contributed by atoms with E-state index in [1.165, 1.54) is 17.7 Å². The van der Waals surface area contributed by atoms with E-state index in [9.17, 15) is 8.42 Å². The highest BCUT2D eigenvalue weighted by Crippen LogP contribution is 2.32. The van der Waals surface area contributed by atoms with Crippen LogP contribution in [0, 0.1) is 13.8 Å².